The van der Waals surface area contributed by atoms with E-state index in [0.717, 1.165) is 23.1 Å². The summed E-state index contributed by atoms with van der Waals surface area (Å²) in [6.07, 6.45) is 1.03. The number of nitriles is 2. The Morgan fingerprint density at radius 2 is 2.00 bits per heavy atom. The molecule has 0 bridgehead atoms. The molecular formula is C10H14N6S. The maximum absolute atomic E-state index is 8.62. The fraction of sp³-hybridized carbons (Fsp3) is 0.600. The molecule has 0 aliphatic carbocycles. The highest BCUT2D eigenvalue weighted by Crippen LogP contribution is 2.16. The van der Waals surface area contributed by atoms with Gasteiger partial charge in [-0.05, 0) is 6.42 Å². The van der Waals surface area contributed by atoms with E-state index in [2.05, 4.69) is 22.4 Å². The summed E-state index contributed by atoms with van der Waals surface area (Å²) in [7, 11) is 0. The van der Waals surface area contributed by atoms with E-state index < -0.39 is 0 Å². The summed E-state index contributed by atoms with van der Waals surface area (Å²) >= 11 is 1.46. The van der Waals surface area contributed by atoms with E-state index in [1.54, 1.807) is 4.90 Å². The van der Waals surface area contributed by atoms with Gasteiger partial charge in [-0.2, -0.15) is 10.5 Å². The lowest BCUT2D eigenvalue weighted by Crippen LogP contribution is -2.23. The first kappa shape index (κ1) is 13.4. The van der Waals surface area contributed by atoms with E-state index in [4.69, 9.17) is 10.5 Å². The average molecular weight is 250 g/mol. The highest BCUT2D eigenvalue weighted by Gasteiger charge is 2.09. The predicted octanol–water partition coefficient (Wildman–Crippen LogP) is 1.21. The predicted molar refractivity (Wildman–Crippen MR) is 65.2 cm³/mol. The van der Waals surface area contributed by atoms with Crippen LogP contribution in [0.25, 0.3) is 0 Å². The Bertz CT molecular complexity index is 399. The van der Waals surface area contributed by atoms with Gasteiger partial charge < -0.3 is 5.32 Å². The largest absolute Gasteiger partial charge is 0.360 e. The van der Waals surface area contributed by atoms with Crippen LogP contribution in [0.15, 0.2) is 0 Å². The SMILES string of the molecule is CCCNc1nnc(CN(CC#N)CC#N)s1. The smallest absolute Gasteiger partial charge is 0.205 e. The Morgan fingerprint density at radius 3 is 2.59 bits per heavy atom. The molecule has 1 rings (SSSR count). The van der Waals surface area contributed by atoms with Crippen LogP contribution in [-0.4, -0.2) is 34.7 Å². The van der Waals surface area contributed by atoms with Gasteiger partial charge in [0, 0.05) is 6.54 Å². The Hall–Kier alpha value is -1.70. The van der Waals surface area contributed by atoms with E-state index in [9.17, 15) is 0 Å². The fourth-order valence-electron chi connectivity index (χ4n) is 1.18. The first-order chi connectivity index (χ1) is 8.30. The van der Waals surface area contributed by atoms with Crippen LogP contribution in [0.4, 0.5) is 5.13 Å². The second kappa shape index (κ2) is 7.55. The van der Waals surface area contributed by atoms with Gasteiger partial charge in [-0.1, -0.05) is 18.3 Å². The Morgan fingerprint density at radius 1 is 1.29 bits per heavy atom. The van der Waals surface area contributed by atoms with E-state index in [-0.39, 0.29) is 13.1 Å². The minimum absolute atomic E-state index is 0.227. The van der Waals surface area contributed by atoms with Crippen molar-refractivity contribution < 1.29 is 0 Å². The van der Waals surface area contributed by atoms with E-state index >= 15 is 0 Å². The normalized spacial score (nSPS) is 9.88. The average Bonchev–Trinajstić information content (AvgIpc) is 2.75. The monoisotopic (exact) mass is 250 g/mol. The van der Waals surface area contributed by atoms with Crippen LogP contribution in [0.5, 0.6) is 0 Å². The maximum Gasteiger partial charge on any atom is 0.205 e. The first-order valence-corrected chi connectivity index (χ1v) is 6.14. The summed E-state index contributed by atoms with van der Waals surface area (Å²) in [6, 6.07) is 4.06. The summed E-state index contributed by atoms with van der Waals surface area (Å²) in [5.41, 5.74) is 0. The number of hydrogen-bond acceptors (Lipinski definition) is 7. The Labute approximate surface area is 104 Å². The molecule has 0 aliphatic heterocycles. The minimum Gasteiger partial charge on any atom is -0.360 e. The zero-order valence-electron chi connectivity index (χ0n) is 9.68. The van der Waals surface area contributed by atoms with Gasteiger partial charge in [-0.25, -0.2) is 0 Å². The number of nitrogens with one attached hydrogen (secondary N) is 1. The molecule has 0 atom stereocenters. The molecule has 0 aromatic carbocycles. The molecule has 0 spiro atoms. The summed E-state index contributed by atoms with van der Waals surface area (Å²) in [4.78, 5) is 1.73. The molecule has 0 unspecified atom stereocenters. The standard InChI is InChI=1S/C10H14N6S/c1-2-5-13-10-15-14-9(17-10)8-16(6-3-11)7-4-12/h2,5-8H2,1H3,(H,13,15). The third kappa shape index (κ3) is 4.77. The van der Waals surface area contributed by atoms with Crippen molar-refractivity contribution in [2.75, 3.05) is 25.0 Å². The first-order valence-electron chi connectivity index (χ1n) is 5.32. The van der Waals surface area contributed by atoms with Crippen LogP contribution in [0.2, 0.25) is 0 Å². The van der Waals surface area contributed by atoms with Crippen molar-refractivity contribution in [2.45, 2.75) is 19.9 Å². The topological polar surface area (TPSA) is 88.6 Å². The van der Waals surface area contributed by atoms with Crippen molar-refractivity contribution in [2.24, 2.45) is 0 Å². The molecule has 6 nitrogen and oxygen atoms in total. The van der Waals surface area contributed by atoms with Crippen molar-refractivity contribution >= 4 is 16.5 Å². The lowest BCUT2D eigenvalue weighted by Gasteiger charge is -2.11. The van der Waals surface area contributed by atoms with Gasteiger partial charge in [0.1, 0.15) is 5.01 Å². The Balaban J connectivity index is 2.52. The van der Waals surface area contributed by atoms with Crippen LogP contribution in [0, 0.1) is 22.7 Å². The molecule has 90 valence electrons. The van der Waals surface area contributed by atoms with Crippen molar-refractivity contribution in [3.63, 3.8) is 0 Å². The summed E-state index contributed by atoms with van der Waals surface area (Å²) < 4.78 is 0. The van der Waals surface area contributed by atoms with Crippen molar-refractivity contribution in [3.05, 3.63) is 5.01 Å². The fourth-order valence-corrected chi connectivity index (χ4v) is 1.99. The van der Waals surface area contributed by atoms with Crippen LogP contribution in [0.3, 0.4) is 0 Å². The van der Waals surface area contributed by atoms with Gasteiger partial charge in [0.2, 0.25) is 5.13 Å². The molecule has 0 amide bonds. The van der Waals surface area contributed by atoms with Gasteiger partial charge in [-0.3, -0.25) is 4.90 Å². The van der Waals surface area contributed by atoms with E-state index in [0.29, 0.717) is 6.54 Å². The zero-order chi connectivity index (χ0) is 12.5. The van der Waals surface area contributed by atoms with E-state index in [1.807, 2.05) is 12.1 Å². The number of nitrogens with zero attached hydrogens (tertiary/aromatic N) is 5. The zero-order valence-corrected chi connectivity index (χ0v) is 10.5. The molecule has 1 N–H and O–H groups in total. The minimum atomic E-state index is 0.227. The third-order valence-corrected chi connectivity index (χ3v) is 2.81. The third-order valence-electron chi connectivity index (χ3n) is 1.94. The summed E-state index contributed by atoms with van der Waals surface area (Å²) in [5, 5.41) is 30.0. The number of rotatable bonds is 7. The molecule has 1 aromatic rings. The molecule has 0 aliphatic rings. The lowest BCUT2D eigenvalue weighted by molar-refractivity contribution is 0.333. The number of hydrogen-bond donors (Lipinski definition) is 1. The van der Waals surface area contributed by atoms with Crippen LogP contribution in [-0.2, 0) is 6.54 Å². The molecule has 7 heteroatoms. The highest BCUT2D eigenvalue weighted by molar-refractivity contribution is 7.15. The maximum atomic E-state index is 8.62. The van der Waals surface area contributed by atoms with Gasteiger partial charge in [0.25, 0.3) is 0 Å². The number of aromatic nitrogens is 2. The van der Waals surface area contributed by atoms with Crippen molar-refractivity contribution in [3.8, 4) is 12.1 Å². The number of anilines is 1. The van der Waals surface area contributed by atoms with Gasteiger partial charge >= 0.3 is 0 Å². The molecule has 0 radical (unpaired) electrons. The molecule has 17 heavy (non-hydrogen) atoms. The molecule has 0 fully saturated rings. The molecule has 1 heterocycles. The van der Waals surface area contributed by atoms with Crippen molar-refractivity contribution in [1.82, 2.24) is 15.1 Å². The summed E-state index contributed by atoms with van der Waals surface area (Å²) in [5.74, 6) is 0. The van der Waals surface area contributed by atoms with Gasteiger partial charge in [-0.15, -0.1) is 10.2 Å². The van der Waals surface area contributed by atoms with Gasteiger partial charge in [0.05, 0.1) is 31.8 Å². The quantitative estimate of drug-likeness (QED) is 0.732. The molecule has 0 saturated carbocycles. The molecule has 0 saturated heterocycles. The van der Waals surface area contributed by atoms with Crippen LogP contribution < -0.4 is 5.32 Å². The van der Waals surface area contributed by atoms with Gasteiger partial charge in [0.15, 0.2) is 0 Å². The van der Waals surface area contributed by atoms with E-state index in [1.165, 1.54) is 11.3 Å². The molecular weight excluding hydrogens is 236 g/mol. The van der Waals surface area contributed by atoms with Crippen molar-refractivity contribution in [1.29, 1.82) is 10.5 Å². The van der Waals surface area contributed by atoms with Crippen LogP contribution in [0.1, 0.15) is 18.4 Å². The second-order valence-corrected chi connectivity index (χ2v) is 4.45. The Kier molecular flexibility index (Phi) is 5.94. The second-order valence-electron chi connectivity index (χ2n) is 3.39. The summed E-state index contributed by atoms with van der Waals surface area (Å²) in [6.45, 7) is 3.90. The van der Waals surface area contributed by atoms with Crippen LogP contribution >= 0.6 is 11.3 Å². The highest BCUT2D eigenvalue weighted by atomic mass is 32.1. The molecule has 1 aromatic heterocycles. The lowest BCUT2D eigenvalue weighted by atomic mass is 10.5.